The van der Waals surface area contributed by atoms with Crippen LogP contribution in [-0.2, 0) is 4.74 Å². The van der Waals surface area contributed by atoms with Crippen molar-refractivity contribution in [3.8, 4) is 0 Å². The van der Waals surface area contributed by atoms with Crippen molar-refractivity contribution < 1.29 is 9.77 Å². The summed E-state index contributed by atoms with van der Waals surface area (Å²) in [6.45, 7) is 0.971. The van der Waals surface area contributed by atoms with E-state index in [2.05, 4.69) is 39.7 Å². The summed E-state index contributed by atoms with van der Waals surface area (Å²) >= 11 is 0. The van der Waals surface area contributed by atoms with E-state index >= 15 is 0 Å². The van der Waals surface area contributed by atoms with Crippen LogP contribution in [0.4, 0.5) is 0 Å². The van der Waals surface area contributed by atoms with Crippen LogP contribution in [0.3, 0.4) is 0 Å². The van der Waals surface area contributed by atoms with E-state index in [1.54, 1.807) is 7.05 Å². The molecule has 1 saturated carbocycles. The SMILES string of the molecule is CN=CN=C(N)N1CC[C@H](N[N+](=O)[O-])[C@@H]1COC1CCC(c2ccccc2)CC1. The maximum atomic E-state index is 11.0. The second-order valence-corrected chi connectivity index (χ2v) is 7.62. The molecule has 2 aliphatic rings. The number of nitrogens with zero attached hydrogens (tertiary/aromatic N) is 4. The first-order valence-corrected chi connectivity index (χ1v) is 10.2. The Balaban J connectivity index is 1.56. The molecular formula is C20H30N6O3. The number of guanidine groups is 1. The lowest BCUT2D eigenvalue weighted by Gasteiger charge is -2.32. The molecule has 1 aliphatic carbocycles. The largest absolute Gasteiger partial charge is 0.376 e. The predicted octanol–water partition coefficient (Wildman–Crippen LogP) is 1.93. The van der Waals surface area contributed by atoms with E-state index in [9.17, 15) is 10.1 Å². The molecule has 0 aromatic heterocycles. The number of nitro groups is 1. The molecule has 9 heteroatoms. The number of likely N-dealkylation sites (tertiary alicyclic amines) is 1. The third-order valence-electron chi connectivity index (χ3n) is 5.86. The van der Waals surface area contributed by atoms with E-state index in [0.717, 1.165) is 25.7 Å². The first kappa shape index (κ1) is 21.0. The molecule has 1 aromatic rings. The Hall–Kier alpha value is -2.68. The number of hydrogen-bond acceptors (Lipinski definition) is 4. The minimum Gasteiger partial charge on any atom is -0.376 e. The van der Waals surface area contributed by atoms with Crippen LogP contribution in [0.15, 0.2) is 40.3 Å². The molecule has 0 unspecified atom stereocenters. The van der Waals surface area contributed by atoms with Gasteiger partial charge < -0.3 is 15.4 Å². The summed E-state index contributed by atoms with van der Waals surface area (Å²) in [5, 5.41) is 10.5. The molecule has 2 fully saturated rings. The Bertz CT molecular complexity index is 718. The van der Waals surface area contributed by atoms with Crippen molar-refractivity contribution in [2.24, 2.45) is 15.7 Å². The van der Waals surface area contributed by atoms with Crippen LogP contribution in [0.25, 0.3) is 0 Å². The first-order valence-electron chi connectivity index (χ1n) is 10.2. The Morgan fingerprint density at radius 1 is 1.31 bits per heavy atom. The number of benzene rings is 1. The van der Waals surface area contributed by atoms with Gasteiger partial charge in [0.1, 0.15) is 12.4 Å². The number of aliphatic imine (C=N–C) groups is 2. The molecular weight excluding hydrogens is 372 g/mol. The van der Waals surface area contributed by atoms with Gasteiger partial charge in [-0.05, 0) is 43.6 Å². The average molecular weight is 402 g/mol. The van der Waals surface area contributed by atoms with Gasteiger partial charge >= 0.3 is 0 Å². The zero-order valence-electron chi connectivity index (χ0n) is 16.8. The molecule has 158 valence electrons. The molecule has 0 bridgehead atoms. The van der Waals surface area contributed by atoms with Crippen LogP contribution < -0.4 is 11.2 Å². The van der Waals surface area contributed by atoms with Crippen molar-refractivity contribution in [2.45, 2.75) is 56.2 Å². The highest BCUT2D eigenvalue weighted by atomic mass is 16.7. The second kappa shape index (κ2) is 10.2. The highest BCUT2D eigenvalue weighted by Crippen LogP contribution is 2.34. The van der Waals surface area contributed by atoms with E-state index < -0.39 is 5.03 Å². The van der Waals surface area contributed by atoms with Gasteiger partial charge in [0.15, 0.2) is 11.0 Å². The van der Waals surface area contributed by atoms with E-state index in [1.165, 1.54) is 11.9 Å². The maximum absolute atomic E-state index is 11.0. The van der Waals surface area contributed by atoms with Gasteiger partial charge in [-0.25, -0.2) is 15.1 Å². The Morgan fingerprint density at radius 3 is 2.69 bits per heavy atom. The van der Waals surface area contributed by atoms with Crippen molar-refractivity contribution in [3.05, 3.63) is 46.0 Å². The second-order valence-electron chi connectivity index (χ2n) is 7.62. The fourth-order valence-corrected chi connectivity index (χ4v) is 4.34. The van der Waals surface area contributed by atoms with Gasteiger partial charge in [0.25, 0.3) is 0 Å². The van der Waals surface area contributed by atoms with Crippen LogP contribution >= 0.6 is 0 Å². The van der Waals surface area contributed by atoms with Gasteiger partial charge in [0.05, 0.1) is 18.8 Å². The van der Waals surface area contributed by atoms with Crippen LogP contribution in [0.2, 0.25) is 0 Å². The summed E-state index contributed by atoms with van der Waals surface area (Å²) in [6.07, 6.45) is 6.33. The topological polar surface area (TPSA) is 118 Å². The monoisotopic (exact) mass is 402 g/mol. The summed E-state index contributed by atoms with van der Waals surface area (Å²) in [5.41, 5.74) is 9.87. The van der Waals surface area contributed by atoms with Crippen molar-refractivity contribution in [1.29, 1.82) is 0 Å². The van der Waals surface area contributed by atoms with Gasteiger partial charge in [-0.15, -0.1) is 5.43 Å². The molecule has 0 radical (unpaired) electrons. The van der Waals surface area contributed by atoms with Crippen molar-refractivity contribution >= 4 is 12.3 Å². The smallest absolute Gasteiger partial charge is 0.197 e. The van der Waals surface area contributed by atoms with Crippen LogP contribution in [0.1, 0.15) is 43.6 Å². The van der Waals surface area contributed by atoms with Gasteiger partial charge in [0.2, 0.25) is 0 Å². The third-order valence-corrected chi connectivity index (χ3v) is 5.86. The summed E-state index contributed by atoms with van der Waals surface area (Å²) in [4.78, 5) is 20.8. The molecule has 1 saturated heterocycles. The maximum Gasteiger partial charge on any atom is 0.197 e. The zero-order valence-corrected chi connectivity index (χ0v) is 16.8. The Kier molecular flexibility index (Phi) is 7.40. The average Bonchev–Trinajstić information content (AvgIpc) is 3.13. The molecule has 1 aromatic carbocycles. The fourth-order valence-electron chi connectivity index (χ4n) is 4.34. The molecule has 3 rings (SSSR count). The number of rotatable bonds is 7. The fraction of sp³-hybridized carbons (Fsp3) is 0.600. The van der Waals surface area contributed by atoms with E-state index in [0.29, 0.717) is 31.4 Å². The summed E-state index contributed by atoms with van der Waals surface area (Å²) in [5.74, 6) is 0.892. The Labute approximate surface area is 171 Å². The third kappa shape index (κ3) is 5.66. The predicted molar refractivity (Wildman–Crippen MR) is 112 cm³/mol. The number of nitrogens with two attached hydrogens (primary N) is 1. The molecule has 1 heterocycles. The highest BCUT2D eigenvalue weighted by molar-refractivity contribution is 5.86. The van der Waals surface area contributed by atoms with E-state index in [-0.39, 0.29) is 18.2 Å². The van der Waals surface area contributed by atoms with Crippen LogP contribution in [0, 0.1) is 10.1 Å². The van der Waals surface area contributed by atoms with Crippen molar-refractivity contribution in [2.75, 3.05) is 20.2 Å². The molecule has 0 spiro atoms. The number of hydrogen-bond donors (Lipinski definition) is 2. The van der Waals surface area contributed by atoms with Crippen molar-refractivity contribution in [1.82, 2.24) is 10.3 Å². The van der Waals surface area contributed by atoms with Gasteiger partial charge in [-0.1, -0.05) is 30.3 Å². The van der Waals surface area contributed by atoms with Gasteiger partial charge in [-0.3, -0.25) is 4.99 Å². The van der Waals surface area contributed by atoms with Gasteiger partial charge in [-0.2, -0.15) is 0 Å². The van der Waals surface area contributed by atoms with Crippen LogP contribution in [0.5, 0.6) is 0 Å². The minimum absolute atomic E-state index is 0.170. The molecule has 1 aliphatic heterocycles. The summed E-state index contributed by atoms with van der Waals surface area (Å²) in [7, 11) is 1.62. The number of hydrazine groups is 1. The number of nitrogens with one attached hydrogen (secondary N) is 1. The molecule has 3 N–H and O–H groups in total. The lowest BCUT2D eigenvalue weighted by molar-refractivity contribution is -0.551. The quantitative estimate of drug-likeness (QED) is 0.311. The summed E-state index contributed by atoms with van der Waals surface area (Å²) < 4.78 is 6.20. The highest BCUT2D eigenvalue weighted by Gasteiger charge is 2.39. The molecule has 2 atom stereocenters. The van der Waals surface area contributed by atoms with Crippen molar-refractivity contribution in [3.63, 3.8) is 0 Å². The number of ether oxygens (including phenoxy) is 1. The standard InChI is InChI=1S/C20H30N6O3/c1-22-14-23-20(21)25-12-11-18(24-26(27)28)19(25)13-29-17-9-7-16(8-10-17)15-5-3-2-4-6-15/h2-6,14,16-19,24H,7-13H2,1H3,(H2,21,22,23)/t16?,17?,18-,19-/m0/s1. The lowest BCUT2D eigenvalue weighted by Crippen LogP contribution is -2.51. The first-order chi connectivity index (χ1) is 14.1. The molecule has 29 heavy (non-hydrogen) atoms. The van der Waals surface area contributed by atoms with Gasteiger partial charge in [0, 0.05) is 13.6 Å². The molecule has 0 amide bonds. The van der Waals surface area contributed by atoms with Crippen LogP contribution in [-0.4, -0.2) is 60.6 Å². The Morgan fingerprint density at radius 2 is 2.03 bits per heavy atom. The zero-order chi connectivity index (χ0) is 20.6. The lowest BCUT2D eigenvalue weighted by atomic mass is 9.83. The van der Waals surface area contributed by atoms with E-state index in [1.807, 2.05) is 11.0 Å². The van der Waals surface area contributed by atoms with E-state index in [4.69, 9.17) is 10.5 Å². The minimum atomic E-state index is -0.493. The summed E-state index contributed by atoms with van der Waals surface area (Å²) in [6, 6.07) is 10.0. The molecule has 9 nitrogen and oxygen atoms in total. The normalized spacial score (nSPS) is 28.0.